The molecule has 4 heterocycles. The number of fused-ring (bicyclic) bond motifs is 20. The zero-order valence-electron chi connectivity index (χ0n) is 76.9. The van der Waals surface area contributed by atoms with Crippen molar-refractivity contribution in [3.05, 3.63) is 78.4 Å². The second-order valence-electron chi connectivity index (χ2n) is 46.9. The predicted octanol–water partition coefficient (Wildman–Crippen LogP) is 20.0. The molecule has 0 amide bonds. The number of carbonyl (C=O) groups excluding carboxylic acids is 3. The summed E-state index contributed by atoms with van der Waals surface area (Å²) in [6.45, 7) is 32.1. The van der Waals surface area contributed by atoms with Gasteiger partial charge in [-0.25, -0.2) is 22.4 Å². The Morgan fingerprint density at radius 1 is 0.448 bits per heavy atom. The SMILES string of the molecule is C=S(C)(=O)c1ccn(CC(=O)[C@H]2CC[C@H]3[C@@H]4C[C@@H](F)[C@H]5C[C@](C)(O)CC[C@@H]5[C@H]4CC[C@]23C)n1.CSc1ccn(CC(=O)[C@H]2CC[C@H]3[C@@H]4C[C@@H](F)[C@H]5C[C@](C)(O)CC[C@@H]5[C@H]4CC[C@]23C)n1.Cc1cnn(CC(=O)[C@H]2CC[C@H]3[C@@H]4C[C@@H](F)[C@H]5C[C@](C)(O)CC[C@@H]5[C@H]4CC[C@]23C)c1.[C-]#[N+]c1cnn(CC(=C)[C@H]2CC[C@H]3[C@@H]4C[C@@H](F)[C@H]5C[C@](C)(O)CC[C@@H]5[C@H]4CC[C@]23C)c1. The maximum Gasteiger partial charge on any atom is 0.224 e. The normalized spacial score (nSPS) is 47.0. The number of aliphatic hydroxyl groups is 4. The summed E-state index contributed by atoms with van der Waals surface area (Å²) in [6, 6.07) is 3.65. The first-order valence-corrected chi connectivity index (χ1v) is 52.4. The zero-order valence-corrected chi connectivity index (χ0v) is 78.6. The number of carbonyl (C=O) groups is 3. The summed E-state index contributed by atoms with van der Waals surface area (Å²) in [5.41, 5.74) is 0.181. The molecule has 0 aromatic carbocycles. The largest absolute Gasteiger partial charge is 0.390 e. The van der Waals surface area contributed by atoms with E-state index < -0.39 is 56.6 Å². The van der Waals surface area contributed by atoms with Crippen molar-refractivity contribution in [2.75, 3.05) is 12.5 Å². The number of aromatic nitrogens is 8. The van der Waals surface area contributed by atoms with Crippen LogP contribution in [0.2, 0.25) is 0 Å². The Bertz CT molecular complexity index is 4760. The van der Waals surface area contributed by atoms with Gasteiger partial charge in [0.25, 0.3) is 0 Å². The van der Waals surface area contributed by atoms with E-state index in [1.807, 2.05) is 64.0 Å². The molecule has 16 fully saturated rings. The van der Waals surface area contributed by atoms with Crippen LogP contribution in [0.4, 0.5) is 23.2 Å². The number of nitrogens with zero attached hydrogens (tertiary/aromatic N) is 9. The second kappa shape index (κ2) is 34.6. The number of hydrogen-bond acceptors (Lipinski definition) is 13. The summed E-state index contributed by atoms with van der Waals surface area (Å²) in [5.74, 6) is 12.7. The molecule has 4 N–H and O–H groups in total. The molecular weight excluding hydrogens is 1620 g/mol. The molecule has 125 heavy (non-hydrogen) atoms. The molecule has 37 atom stereocenters. The molecule has 20 rings (SSSR count). The van der Waals surface area contributed by atoms with Crippen molar-refractivity contribution >= 4 is 50.2 Å². The van der Waals surface area contributed by atoms with Gasteiger partial charge in [-0.2, -0.15) is 20.4 Å². The molecule has 4 aromatic rings. The molecule has 0 aliphatic heterocycles. The molecule has 0 spiro atoms. The number of alkyl halides is 4. The van der Waals surface area contributed by atoms with Crippen LogP contribution in [0.1, 0.15) is 266 Å². The van der Waals surface area contributed by atoms with Gasteiger partial charge in [-0.15, -0.1) is 11.8 Å². The van der Waals surface area contributed by atoms with Gasteiger partial charge in [-0.1, -0.05) is 39.8 Å². The summed E-state index contributed by atoms with van der Waals surface area (Å²) < 4.78 is 80.8. The number of allylic oxidation sites excluding steroid dienone is 1. The highest BCUT2D eigenvalue weighted by Crippen LogP contribution is 2.71. The zero-order chi connectivity index (χ0) is 88.9. The van der Waals surface area contributed by atoms with Crippen LogP contribution in [0.25, 0.3) is 4.85 Å². The Morgan fingerprint density at radius 2 is 0.760 bits per heavy atom. The summed E-state index contributed by atoms with van der Waals surface area (Å²) in [6.07, 6.45) is 40.3. The van der Waals surface area contributed by atoms with E-state index in [1.54, 1.807) is 62.9 Å². The third-order valence-corrected chi connectivity index (χ3v) is 41.1. The molecule has 1 unspecified atom stereocenters. The van der Waals surface area contributed by atoms with Crippen LogP contribution >= 0.6 is 11.8 Å². The first kappa shape index (κ1) is 91.9. The number of ketones is 3. The van der Waals surface area contributed by atoms with Gasteiger partial charge in [0.1, 0.15) is 34.7 Å². The quantitative estimate of drug-likeness (QED) is 0.0303. The fourth-order valence-electron chi connectivity index (χ4n) is 33.6. The van der Waals surface area contributed by atoms with E-state index >= 15 is 17.6 Å². The topological polar surface area (TPSA) is 225 Å². The monoisotopic (exact) mass is 1770 g/mol. The Labute approximate surface area is 747 Å². The Morgan fingerprint density at radius 3 is 1.08 bits per heavy atom. The predicted molar refractivity (Wildman–Crippen MR) is 481 cm³/mol. The molecule has 4 aromatic heterocycles. The lowest BCUT2D eigenvalue weighted by Crippen LogP contribution is -2.54. The first-order chi connectivity index (χ1) is 59.0. The molecule has 690 valence electrons. The maximum absolute atomic E-state index is 15.4. The number of rotatable bonds is 14. The highest BCUT2D eigenvalue weighted by atomic mass is 32.2. The number of Topliss-reactive ketones (excluding diaryl/α,β-unsaturated/α-hetero) is 3. The van der Waals surface area contributed by atoms with E-state index in [4.69, 9.17) is 6.57 Å². The third kappa shape index (κ3) is 17.5. The van der Waals surface area contributed by atoms with Gasteiger partial charge < -0.3 is 20.4 Å². The molecule has 0 saturated heterocycles. The molecular formula is C102H149F4N9O8S2. The van der Waals surface area contributed by atoms with E-state index in [0.717, 1.165) is 145 Å². The van der Waals surface area contributed by atoms with Crippen molar-refractivity contribution in [3.8, 4) is 0 Å². The number of thioether (sulfide) groups is 1. The maximum atomic E-state index is 15.4. The van der Waals surface area contributed by atoms with Crippen LogP contribution < -0.4 is 0 Å². The van der Waals surface area contributed by atoms with E-state index in [-0.39, 0.29) is 75.4 Å². The fraction of sp³-hybridized carbons (Fsp3) is 0.814. The van der Waals surface area contributed by atoms with Gasteiger partial charge in [0.2, 0.25) is 5.69 Å². The Kier molecular flexibility index (Phi) is 25.4. The van der Waals surface area contributed by atoms with Crippen LogP contribution in [-0.4, -0.2) is 147 Å². The van der Waals surface area contributed by atoms with Crippen molar-refractivity contribution in [3.63, 3.8) is 0 Å². The van der Waals surface area contributed by atoms with Crippen LogP contribution in [0.5, 0.6) is 0 Å². The summed E-state index contributed by atoms with van der Waals surface area (Å²) in [7, 11) is -2.40. The van der Waals surface area contributed by atoms with Crippen LogP contribution in [0.3, 0.4) is 0 Å². The van der Waals surface area contributed by atoms with Gasteiger partial charge in [0.05, 0.1) is 67.5 Å². The van der Waals surface area contributed by atoms with Gasteiger partial charge in [0, 0.05) is 58.3 Å². The van der Waals surface area contributed by atoms with E-state index in [9.17, 15) is 39.0 Å². The van der Waals surface area contributed by atoms with Crippen molar-refractivity contribution in [1.82, 2.24) is 39.1 Å². The average Bonchev–Trinajstić information content (AvgIpc) is 1.65. The highest BCUT2D eigenvalue weighted by Gasteiger charge is 2.66. The van der Waals surface area contributed by atoms with E-state index in [2.05, 4.69) is 65.4 Å². The van der Waals surface area contributed by atoms with Crippen LogP contribution in [-0.2, 0) is 50.1 Å². The lowest BCUT2D eigenvalue weighted by molar-refractivity contribution is -0.139. The fourth-order valence-corrected chi connectivity index (χ4v) is 34.7. The molecule has 16 aliphatic carbocycles. The number of halogens is 4. The molecule has 0 radical (unpaired) electrons. The minimum absolute atomic E-state index is 0.000452. The summed E-state index contributed by atoms with van der Waals surface area (Å²) in [5, 5.41) is 61.0. The standard InChI is InChI=1S/C26H36FN3O.C26H39FN2O3S.C25H37FN2O2S.C25H37FN2O2/c1-16(14-30-15-17(28-4)13-29-30)22-5-6-23-20-11-24(27)21-12-25(2,31)9-7-19(21)18(20)8-10-26(22,23)3;1-25(31)10-7-17-16-8-11-26(2)20(18(16)13-22(27)19(17)14-25)5-6-21(26)23(30)15-29-12-9-24(28-29)33(3,4)32;1-24(30)9-6-16-15-7-10-25(2)19(17(15)12-21(26)18(16)13-24)4-5-20(25)22(29)14-28-11-8-23(27-28)31-3;1-15-12-27-28(13-15)14-23(29)21-5-4-20-18-10-22(26)19-11-24(2,30)8-6-17(19)16(18)7-9-25(20,21)3/h13,15,18-24,31H,1,5-12,14H2,2-3H3;9,12,16-22,31H,3,5-8,10-11,13-15H2,1-2,4H3;8,11,15-21,30H,4-7,9-10,12-14H2,1-3H3;12-13,16-22,30H,4-11,14H2,1-3H3/t18-,19-,20-,21+,22-,23+,24-,25-,26-;16-,17-,18-,19+,20+,21-,22-,25-,26+,33?;15-,16-,17-,18+,19+,20-,21-,24-,25+;16-,17-,18-,19+,20+,21-,22-,24-,25+/m1111/s1. The molecule has 16 aliphatic rings. The molecule has 17 nitrogen and oxygen atoms in total. The van der Waals surface area contributed by atoms with Crippen molar-refractivity contribution in [2.45, 2.75) is 351 Å². The smallest absolute Gasteiger partial charge is 0.224 e. The Balaban J connectivity index is 0.000000118. The minimum Gasteiger partial charge on any atom is -0.390 e. The molecule has 0 bridgehead atoms. The summed E-state index contributed by atoms with van der Waals surface area (Å²) >= 11 is 1.59. The van der Waals surface area contributed by atoms with Crippen molar-refractivity contribution in [2.24, 2.45) is 164 Å². The lowest BCUT2D eigenvalue weighted by Gasteiger charge is -2.57. The van der Waals surface area contributed by atoms with E-state index in [1.165, 1.54) is 24.8 Å². The van der Waals surface area contributed by atoms with Gasteiger partial charge in [-0.3, -0.25) is 37.3 Å². The lowest BCUT2D eigenvalue weighted by atomic mass is 9.48. The number of hydrogen-bond donors (Lipinski definition) is 4. The van der Waals surface area contributed by atoms with Crippen molar-refractivity contribution < 1.29 is 56.6 Å². The summed E-state index contributed by atoms with van der Waals surface area (Å²) in [4.78, 5) is 43.4. The average molecular weight is 1770 g/mol. The third-order valence-electron chi connectivity index (χ3n) is 39.4. The van der Waals surface area contributed by atoms with Gasteiger partial charge in [0.15, 0.2) is 17.3 Å². The number of aryl methyl sites for hydroxylation is 1. The van der Waals surface area contributed by atoms with Crippen LogP contribution in [0.15, 0.2) is 71.5 Å². The minimum atomic E-state index is -2.40. The molecule has 16 saturated carbocycles. The highest BCUT2D eigenvalue weighted by molar-refractivity contribution is 7.99. The molecule has 23 heteroatoms. The first-order valence-electron chi connectivity index (χ1n) is 49.0. The van der Waals surface area contributed by atoms with E-state index in [0.29, 0.717) is 194 Å². The van der Waals surface area contributed by atoms with Gasteiger partial charge in [-0.05, 0) is 416 Å². The van der Waals surface area contributed by atoms with Crippen LogP contribution in [0, 0.1) is 177 Å². The second-order valence-corrected chi connectivity index (χ2v) is 50.2. The van der Waals surface area contributed by atoms with Gasteiger partial charge >= 0.3 is 0 Å². The van der Waals surface area contributed by atoms with Crippen molar-refractivity contribution in [1.29, 1.82) is 0 Å². The Hall–Kier alpha value is -4.99.